The van der Waals surface area contributed by atoms with E-state index in [0.717, 1.165) is 29.0 Å². The van der Waals surface area contributed by atoms with E-state index >= 15 is 0 Å². The molecule has 0 bridgehead atoms. The van der Waals surface area contributed by atoms with Crippen molar-refractivity contribution in [2.45, 2.75) is 44.6 Å². The number of thiophene rings is 1. The van der Waals surface area contributed by atoms with E-state index in [1.54, 1.807) is 15.9 Å². The highest BCUT2D eigenvalue weighted by molar-refractivity contribution is 7.18. The van der Waals surface area contributed by atoms with E-state index in [2.05, 4.69) is 5.32 Å². The summed E-state index contributed by atoms with van der Waals surface area (Å²) in [6, 6.07) is 0.519. The zero-order valence-electron chi connectivity index (χ0n) is 11.0. The van der Waals surface area contributed by atoms with Gasteiger partial charge in [-0.3, -0.25) is 9.36 Å². The number of fused-ring (bicyclic) bond motifs is 3. The van der Waals surface area contributed by atoms with Crippen molar-refractivity contribution >= 4 is 27.5 Å². The van der Waals surface area contributed by atoms with Crippen LogP contribution in [0.4, 0.5) is 5.95 Å². The van der Waals surface area contributed by atoms with Gasteiger partial charge < -0.3 is 5.32 Å². The van der Waals surface area contributed by atoms with Crippen molar-refractivity contribution in [3.63, 3.8) is 0 Å². The number of rotatable bonds is 2. The zero-order valence-corrected chi connectivity index (χ0v) is 11.8. The second-order valence-electron chi connectivity index (χ2n) is 5.61. The fraction of sp³-hybridized carbons (Fsp3) is 0.571. The van der Waals surface area contributed by atoms with Gasteiger partial charge in [-0.1, -0.05) is 0 Å². The standard InChI is InChI=1S/C14H17N3OS/c1-17-13(18)11-9-4-2-3-5-10(9)19-12(11)16-14(17)15-8-6-7-8/h8H,2-7H2,1H3,(H,15,16). The molecule has 4 nitrogen and oxygen atoms in total. The second-order valence-corrected chi connectivity index (χ2v) is 6.69. The predicted octanol–water partition coefficient (Wildman–Crippen LogP) is 2.45. The van der Waals surface area contributed by atoms with Gasteiger partial charge in [-0.25, -0.2) is 4.98 Å². The molecule has 1 N–H and O–H groups in total. The normalized spacial score (nSPS) is 18.6. The van der Waals surface area contributed by atoms with Crippen LogP contribution in [-0.2, 0) is 19.9 Å². The van der Waals surface area contributed by atoms with Gasteiger partial charge in [0.15, 0.2) is 0 Å². The summed E-state index contributed by atoms with van der Waals surface area (Å²) in [5, 5.41) is 4.23. The molecule has 0 unspecified atom stereocenters. The van der Waals surface area contributed by atoms with Gasteiger partial charge in [0, 0.05) is 18.0 Å². The quantitative estimate of drug-likeness (QED) is 0.915. The summed E-state index contributed by atoms with van der Waals surface area (Å²) >= 11 is 1.72. The van der Waals surface area contributed by atoms with Crippen LogP contribution in [0.2, 0.25) is 0 Å². The molecule has 2 heterocycles. The molecule has 2 aliphatic rings. The molecule has 0 saturated heterocycles. The molecular weight excluding hydrogens is 258 g/mol. The topological polar surface area (TPSA) is 46.9 Å². The SMILES string of the molecule is Cn1c(NC2CC2)nc2sc3c(c2c1=O)CCCC3. The van der Waals surface area contributed by atoms with Crippen LogP contribution in [0.1, 0.15) is 36.1 Å². The second kappa shape index (κ2) is 4.07. The average Bonchev–Trinajstić information content (AvgIpc) is 3.14. The Morgan fingerprint density at radius 1 is 1.32 bits per heavy atom. The van der Waals surface area contributed by atoms with Gasteiger partial charge in [-0.2, -0.15) is 0 Å². The number of aryl methyl sites for hydroxylation is 2. The Bertz CT molecular complexity index is 712. The lowest BCUT2D eigenvalue weighted by atomic mass is 9.97. The van der Waals surface area contributed by atoms with Crippen LogP contribution in [0.25, 0.3) is 10.2 Å². The minimum Gasteiger partial charge on any atom is -0.353 e. The molecule has 0 radical (unpaired) electrons. The molecule has 0 atom stereocenters. The fourth-order valence-electron chi connectivity index (χ4n) is 2.83. The van der Waals surface area contributed by atoms with E-state index in [-0.39, 0.29) is 5.56 Å². The van der Waals surface area contributed by atoms with Gasteiger partial charge in [0.2, 0.25) is 5.95 Å². The molecule has 19 heavy (non-hydrogen) atoms. The van der Waals surface area contributed by atoms with E-state index in [1.807, 2.05) is 7.05 Å². The van der Waals surface area contributed by atoms with Gasteiger partial charge >= 0.3 is 0 Å². The summed E-state index contributed by atoms with van der Waals surface area (Å²) in [7, 11) is 1.83. The third-order valence-corrected chi connectivity index (χ3v) is 5.29. The van der Waals surface area contributed by atoms with E-state index in [1.165, 1.54) is 36.1 Å². The molecule has 1 saturated carbocycles. The lowest BCUT2D eigenvalue weighted by Gasteiger charge is -2.11. The van der Waals surface area contributed by atoms with Crippen LogP contribution in [0.3, 0.4) is 0 Å². The van der Waals surface area contributed by atoms with Crippen molar-refractivity contribution in [3.05, 3.63) is 20.8 Å². The minimum atomic E-state index is 0.118. The first-order valence-electron chi connectivity index (χ1n) is 7.02. The molecule has 0 aromatic carbocycles. The Morgan fingerprint density at radius 2 is 2.11 bits per heavy atom. The largest absolute Gasteiger partial charge is 0.353 e. The Labute approximate surface area is 115 Å². The lowest BCUT2D eigenvalue weighted by molar-refractivity contribution is 0.699. The number of aromatic nitrogens is 2. The summed E-state index contributed by atoms with van der Waals surface area (Å²) < 4.78 is 1.68. The van der Waals surface area contributed by atoms with Crippen molar-refractivity contribution in [2.24, 2.45) is 7.05 Å². The maximum atomic E-state index is 12.6. The van der Waals surface area contributed by atoms with Gasteiger partial charge in [-0.15, -0.1) is 11.3 Å². The summed E-state index contributed by atoms with van der Waals surface area (Å²) in [4.78, 5) is 19.6. The number of anilines is 1. The number of hydrogen-bond donors (Lipinski definition) is 1. The highest BCUT2D eigenvalue weighted by atomic mass is 32.1. The Morgan fingerprint density at radius 3 is 2.89 bits per heavy atom. The maximum Gasteiger partial charge on any atom is 0.263 e. The minimum absolute atomic E-state index is 0.118. The van der Waals surface area contributed by atoms with Gasteiger partial charge in [0.05, 0.1) is 5.39 Å². The number of nitrogens with zero attached hydrogens (tertiary/aromatic N) is 2. The van der Waals surface area contributed by atoms with Gasteiger partial charge in [-0.05, 0) is 44.1 Å². The zero-order chi connectivity index (χ0) is 13.0. The molecule has 2 aromatic heterocycles. The maximum absolute atomic E-state index is 12.6. The van der Waals surface area contributed by atoms with E-state index in [9.17, 15) is 4.79 Å². The Balaban J connectivity index is 1.94. The first-order valence-corrected chi connectivity index (χ1v) is 7.83. The van der Waals surface area contributed by atoms with Gasteiger partial charge in [0.25, 0.3) is 5.56 Å². The molecule has 5 heteroatoms. The van der Waals surface area contributed by atoms with Crippen molar-refractivity contribution in [3.8, 4) is 0 Å². The molecule has 0 aliphatic heterocycles. The van der Waals surface area contributed by atoms with E-state index in [4.69, 9.17) is 4.98 Å². The molecule has 2 aliphatic carbocycles. The third kappa shape index (κ3) is 1.79. The van der Waals surface area contributed by atoms with Crippen molar-refractivity contribution in [1.29, 1.82) is 0 Å². The molecule has 0 spiro atoms. The smallest absolute Gasteiger partial charge is 0.263 e. The molecule has 4 rings (SSSR count). The van der Waals surface area contributed by atoms with Crippen LogP contribution >= 0.6 is 11.3 Å². The number of nitrogens with one attached hydrogen (secondary N) is 1. The fourth-order valence-corrected chi connectivity index (χ4v) is 4.08. The van der Waals surface area contributed by atoms with Crippen molar-refractivity contribution in [2.75, 3.05) is 5.32 Å². The Kier molecular flexibility index (Phi) is 2.45. The molecule has 1 fully saturated rings. The van der Waals surface area contributed by atoms with Crippen LogP contribution in [0, 0.1) is 0 Å². The van der Waals surface area contributed by atoms with Crippen molar-refractivity contribution in [1.82, 2.24) is 9.55 Å². The third-order valence-electron chi connectivity index (χ3n) is 4.11. The van der Waals surface area contributed by atoms with E-state index in [0.29, 0.717) is 6.04 Å². The highest BCUT2D eigenvalue weighted by Crippen LogP contribution is 2.34. The van der Waals surface area contributed by atoms with Crippen LogP contribution in [0.15, 0.2) is 4.79 Å². The summed E-state index contributed by atoms with van der Waals surface area (Å²) in [5.41, 5.74) is 1.39. The monoisotopic (exact) mass is 275 g/mol. The molecule has 0 amide bonds. The summed E-state index contributed by atoms with van der Waals surface area (Å²) in [6.07, 6.45) is 6.98. The summed E-state index contributed by atoms with van der Waals surface area (Å²) in [5.74, 6) is 0.735. The lowest BCUT2D eigenvalue weighted by Crippen LogP contribution is -2.23. The summed E-state index contributed by atoms with van der Waals surface area (Å²) in [6.45, 7) is 0. The first-order chi connectivity index (χ1) is 9.24. The Hall–Kier alpha value is -1.36. The molecule has 100 valence electrons. The highest BCUT2D eigenvalue weighted by Gasteiger charge is 2.25. The van der Waals surface area contributed by atoms with Crippen molar-refractivity contribution < 1.29 is 0 Å². The van der Waals surface area contributed by atoms with Crippen LogP contribution in [-0.4, -0.2) is 15.6 Å². The molecular formula is C14H17N3OS. The molecule has 2 aromatic rings. The van der Waals surface area contributed by atoms with Gasteiger partial charge in [0.1, 0.15) is 4.83 Å². The van der Waals surface area contributed by atoms with Crippen LogP contribution in [0.5, 0.6) is 0 Å². The van der Waals surface area contributed by atoms with E-state index < -0.39 is 0 Å². The van der Waals surface area contributed by atoms with Crippen LogP contribution < -0.4 is 10.9 Å². The first kappa shape index (κ1) is 11.5. The average molecular weight is 275 g/mol. The number of hydrogen-bond acceptors (Lipinski definition) is 4. The predicted molar refractivity (Wildman–Crippen MR) is 78.1 cm³/mol.